The van der Waals surface area contributed by atoms with Crippen LogP contribution in [0.15, 0.2) is 18.2 Å². The van der Waals surface area contributed by atoms with E-state index in [1.165, 1.54) is 0 Å². The normalized spacial score (nSPS) is 18.7. The fourth-order valence-electron chi connectivity index (χ4n) is 3.03. The molecule has 1 aliphatic carbocycles. The van der Waals surface area contributed by atoms with Gasteiger partial charge in [0.25, 0.3) is 0 Å². The van der Waals surface area contributed by atoms with E-state index >= 15 is 0 Å². The standard InChI is InChI=1S/C14H16ClF2NO5S/c15-12(9-5-10(16)7-11(17)6-9)8-18(24(21,22)23)14(13(19)20)3-1-2-4-14/h5-7,12H,1-4,8H2,(H,19,20)(H,21,22,23)/t12-/m0/s1. The first-order valence-corrected chi connectivity index (χ1v) is 8.98. The maximum Gasteiger partial charge on any atom is 0.337 e. The molecule has 1 atom stereocenters. The van der Waals surface area contributed by atoms with Gasteiger partial charge in [-0.2, -0.15) is 12.7 Å². The Morgan fingerprint density at radius 2 is 1.75 bits per heavy atom. The van der Waals surface area contributed by atoms with Crippen LogP contribution in [0.4, 0.5) is 8.78 Å². The van der Waals surface area contributed by atoms with E-state index in [9.17, 15) is 31.7 Å². The molecule has 0 saturated heterocycles. The Bertz CT molecular complexity index is 716. The molecule has 1 aliphatic rings. The third kappa shape index (κ3) is 3.85. The van der Waals surface area contributed by atoms with Crippen LogP contribution in [0.5, 0.6) is 0 Å². The molecule has 1 fully saturated rings. The number of hydrogen-bond acceptors (Lipinski definition) is 3. The van der Waals surface area contributed by atoms with E-state index in [0.717, 1.165) is 12.1 Å². The Kier molecular flexibility index (Phi) is 5.48. The molecule has 1 aromatic rings. The first-order chi connectivity index (χ1) is 11.1. The van der Waals surface area contributed by atoms with E-state index in [4.69, 9.17) is 11.6 Å². The van der Waals surface area contributed by atoms with Gasteiger partial charge in [-0.1, -0.05) is 12.8 Å². The first kappa shape index (κ1) is 19.0. The smallest absolute Gasteiger partial charge is 0.337 e. The lowest BCUT2D eigenvalue weighted by molar-refractivity contribution is -0.148. The van der Waals surface area contributed by atoms with E-state index in [1.54, 1.807) is 0 Å². The molecule has 2 rings (SSSR count). The molecule has 0 bridgehead atoms. The van der Waals surface area contributed by atoms with Gasteiger partial charge >= 0.3 is 16.3 Å². The highest BCUT2D eigenvalue weighted by molar-refractivity contribution is 7.83. The van der Waals surface area contributed by atoms with Crippen LogP contribution >= 0.6 is 11.6 Å². The zero-order chi connectivity index (χ0) is 18.1. The number of carboxylic acids is 1. The van der Waals surface area contributed by atoms with Gasteiger partial charge in [0.15, 0.2) is 0 Å². The highest BCUT2D eigenvalue weighted by Gasteiger charge is 2.51. The summed E-state index contributed by atoms with van der Waals surface area (Å²) in [7, 11) is -4.89. The molecule has 0 spiro atoms. The Morgan fingerprint density at radius 1 is 1.25 bits per heavy atom. The van der Waals surface area contributed by atoms with Crippen molar-refractivity contribution in [1.29, 1.82) is 0 Å². The van der Waals surface area contributed by atoms with Crippen LogP contribution in [-0.2, 0) is 15.1 Å². The lowest BCUT2D eigenvalue weighted by Crippen LogP contribution is -2.56. The van der Waals surface area contributed by atoms with E-state index in [1.807, 2.05) is 0 Å². The molecule has 0 heterocycles. The van der Waals surface area contributed by atoms with Crippen molar-refractivity contribution in [3.8, 4) is 0 Å². The molecule has 0 aliphatic heterocycles. The highest BCUT2D eigenvalue weighted by atomic mass is 35.5. The van der Waals surface area contributed by atoms with Crippen LogP contribution in [-0.4, -0.2) is 40.4 Å². The minimum atomic E-state index is -4.89. The summed E-state index contributed by atoms with van der Waals surface area (Å²) >= 11 is 6.05. The number of alkyl halides is 1. The number of carboxylic acid groups (broad SMARTS) is 1. The largest absolute Gasteiger partial charge is 0.480 e. The lowest BCUT2D eigenvalue weighted by atomic mass is 9.97. The van der Waals surface area contributed by atoms with Crippen LogP contribution in [0.2, 0.25) is 0 Å². The zero-order valence-corrected chi connectivity index (χ0v) is 14.0. The summed E-state index contributed by atoms with van der Waals surface area (Å²) in [6.07, 6.45) is 0.978. The van der Waals surface area contributed by atoms with Gasteiger partial charge in [0.2, 0.25) is 0 Å². The van der Waals surface area contributed by atoms with Gasteiger partial charge in [-0.05, 0) is 30.5 Å². The van der Waals surface area contributed by atoms with Crippen LogP contribution < -0.4 is 0 Å². The maximum absolute atomic E-state index is 13.3. The van der Waals surface area contributed by atoms with Gasteiger partial charge in [-0.3, -0.25) is 9.35 Å². The number of halogens is 3. The number of carbonyl (C=O) groups is 1. The van der Waals surface area contributed by atoms with Crippen molar-refractivity contribution in [3.63, 3.8) is 0 Å². The summed E-state index contributed by atoms with van der Waals surface area (Å²) in [6.45, 7) is -0.629. The highest BCUT2D eigenvalue weighted by Crippen LogP contribution is 2.39. The third-order valence-electron chi connectivity index (χ3n) is 4.16. The van der Waals surface area contributed by atoms with Crippen LogP contribution in [0.1, 0.15) is 36.6 Å². The van der Waals surface area contributed by atoms with Crippen LogP contribution in [0, 0.1) is 11.6 Å². The lowest BCUT2D eigenvalue weighted by Gasteiger charge is -2.35. The van der Waals surface area contributed by atoms with Gasteiger partial charge in [-0.25, -0.2) is 8.78 Å². The average molecular weight is 384 g/mol. The SMILES string of the molecule is O=C(O)C1(N(C[C@H](Cl)c2cc(F)cc(F)c2)S(=O)(=O)O)CCCC1. The zero-order valence-electron chi connectivity index (χ0n) is 12.5. The summed E-state index contributed by atoms with van der Waals surface area (Å²) in [5, 5.41) is 8.25. The second kappa shape index (κ2) is 6.91. The monoisotopic (exact) mass is 383 g/mol. The van der Waals surface area contributed by atoms with Gasteiger partial charge < -0.3 is 5.11 Å². The quantitative estimate of drug-likeness (QED) is 0.581. The summed E-state index contributed by atoms with van der Waals surface area (Å²) in [6, 6.07) is 2.47. The summed E-state index contributed by atoms with van der Waals surface area (Å²) < 4.78 is 60.0. The van der Waals surface area contributed by atoms with Crippen LogP contribution in [0.3, 0.4) is 0 Å². The van der Waals surface area contributed by atoms with Crippen molar-refractivity contribution in [1.82, 2.24) is 4.31 Å². The van der Waals surface area contributed by atoms with Crippen molar-refractivity contribution in [2.45, 2.75) is 36.6 Å². The second-order valence-corrected chi connectivity index (χ2v) is 7.59. The van der Waals surface area contributed by atoms with E-state index < -0.39 is 45.4 Å². The Balaban J connectivity index is 2.38. The number of benzene rings is 1. The third-order valence-corrected chi connectivity index (χ3v) is 5.60. The van der Waals surface area contributed by atoms with Gasteiger partial charge in [0, 0.05) is 12.6 Å². The fourth-order valence-corrected chi connectivity index (χ4v) is 4.41. The maximum atomic E-state index is 13.3. The molecule has 1 aromatic carbocycles. The van der Waals surface area contributed by atoms with E-state index in [2.05, 4.69) is 0 Å². The van der Waals surface area contributed by atoms with Crippen molar-refractivity contribution in [3.05, 3.63) is 35.4 Å². The number of aliphatic carboxylic acids is 1. The van der Waals surface area contributed by atoms with Gasteiger partial charge in [0.1, 0.15) is 17.2 Å². The first-order valence-electron chi connectivity index (χ1n) is 7.15. The van der Waals surface area contributed by atoms with Crippen molar-refractivity contribution < 1.29 is 31.7 Å². The second-order valence-electron chi connectivity index (χ2n) is 5.72. The summed E-state index contributed by atoms with van der Waals surface area (Å²) in [4.78, 5) is 11.7. The molecule has 134 valence electrons. The molecule has 0 radical (unpaired) electrons. The molecular weight excluding hydrogens is 368 g/mol. The van der Waals surface area contributed by atoms with Gasteiger partial charge in [-0.15, -0.1) is 11.6 Å². The number of nitrogens with zero attached hydrogens (tertiary/aromatic N) is 1. The molecule has 2 N–H and O–H groups in total. The summed E-state index contributed by atoms with van der Waals surface area (Å²) in [5.74, 6) is -3.20. The average Bonchev–Trinajstić information content (AvgIpc) is 2.92. The molecule has 10 heteroatoms. The predicted octanol–water partition coefficient (Wildman–Crippen LogP) is 2.75. The Labute approximate surface area is 142 Å². The number of rotatable bonds is 6. The fraction of sp³-hybridized carbons (Fsp3) is 0.500. The van der Waals surface area contributed by atoms with Crippen molar-refractivity contribution in [2.24, 2.45) is 0 Å². The van der Waals surface area contributed by atoms with Gasteiger partial charge in [0.05, 0.1) is 5.38 Å². The number of hydrogen-bond donors (Lipinski definition) is 2. The van der Waals surface area contributed by atoms with Crippen molar-refractivity contribution in [2.75, 3.05) is 6.54 Å². The predicted molar refractivity (Wildman–Crippen MR) is 82.0 cm³/mol. The van der Waals surface area contributed by atoms with Crippen LogP contribution in [0.25, 0.3) is 0 Å². The van der Waals surface area contributed by atoms with Crippen molar-refractivity contribution >= 4 is 27.9 Å². The minimum Gasteiger partial charge on any atom is -0.480 e. The van der Waals surface area contributed by atoms with E-state index in [-0.39, 0.29) is 18.4 Å². The Morgan fingerprint density at radius 3 is 2.17 bits per heavy atom. The molecule has 6 nitrogen and oxygen atoms in total. The molecule has 24 heavy (non-hydrogen) atoms. The molecule has 1 saturated carbocycles. The molecule has 0 aromatic heterocycles. The molecule has 0 amide bonds. The topological polar surface area (TPSA) is 94.9 Å². The molecule has 0 unspecified atom stereocenters. The molecular formula is C14H16ClF2NO5S. The Hall–Kier alpha value is -1.29. The van der Waals surface area contributed by atoms with E-state index in [0.29, 0.717) is 23.2 Å². The summed E-state index contributed by atoms with van der Waals surface area (Å²) in [5.41, 5.74) is -1.87. The minimum absolute atomic E-state index is 0.0171.